The van der Waals surface area contributed by atoms with E-state index < -0.39 is 0 Å². The molecule has 1 N–H and O–H groups in total. The lowest BCUT2D eigenvalue weighted by molar-refractivity contribution is 0.0783. The highest BCUT2D eigenvalue weighted by Gasteiger charge is 2.18. The molecule has 0 bridgehead atoms. The molecule has 28 heavy (non-hydrogen) atoms. The van der Waals surface area contributed by atoms with Gasteiger partial charge in [-0.3, -0.25) is 14.6 Å². The van der Waals surface area contributed by atoms with Crippen molar-refractivity contribution in [2.75, 3.05) is 7.05 Å². The van der Waals surface area contributed by atoms with Gasteiger partial charge in [0.25, 0.3) is 11.5 Å². The number of H-pyrrole nitrogens is 1. The quantitative estimate of drug-likeness (QED) is 0.598. The van der Waals surface area contributed by atoms with Gasteiger partial charge in [0.15, 0.2) is 0 Å². The number of aryl methyl sites for hydroxylation is 2. The number of hydrogen-bond donors (Lipinski definition) is 1. The molecule has 6 nitrogen and oxygen atoms in total. The smallest absolute Gasteiger partial charge is 0.258 e. The lowest BCUT2D eigenvalue weighted by atomic mass is 10.0. The van der Waals surface area contributed by atoms with Gasteiger partial charge in [-0.05, 0) is 44.2 Å². The Kier molecular flexibility index (Phi) is 4.39. The molecule has 0 saturated carbocycles. The van der Waals surface area contributed by atoms with Crippen LogP contribution in [0.5, 0.6) is 0 Å². The molecule has 6 heteroatoms. The number of carbonyl (C=O) groups is 1. The van der Waals surface area contributed by atoms with Gasteiger partial charge in [0.1, 0.15) is 5.82 Å². The van der Waals surface area contributed by atoms with Gasteiger partial charge in [0.05, 0.1) is 28.5 Å². The Labute approximate surface area is 161 Å². The average Bonchev–Trinajstić information content (AvgIpc) is 2.67. The van der Waals surface area contributed by atoms with Gasteiger partial charge in [-0.25, -0.2) is 4.98 Å². The van der Waals surface area contributed by atoms with Crippen LogP contribution in [0.25, 0.3) is 21.8 Å². The van der Waals surface area contributed by atoms with Crippen LogP contribution in [0.15, 0.2) is 53.3 Å². The van der Waals surface area contributed by atoms with E-state index in [0.29, 0.717) is 22.3 Å². The normalized spacial score (nSPS) is 11.1. The van der Waals surface area contributed by atoms with E-state index in [-0.39, 0.29) is 18.0 Å². The first kappa shape index (κ1) is 17.9. The van der Waals surface area contributed by atoms with Crippen molar-refractivity contribution < 1.29 is 4.79 Å². The molecule has 4 rings (SSSR count). The topological polar surface area (TPSA) is 79.0 Å². The van der Waals surface area contributed by atoms with E-state index in [9.17, 15) is 9.59 Å². The fourth-order valence-electron chi connectivity index (χ4n) is 3.36. The van der Waals surface area contributed by atoms with Crippen molar-refractivity contribution >= 4 is 27.7 Å². The summed E-state index contributed by atoms with van der Waals surface area (Å²) in [5.41, 5.74) is 3.64. The minimum absolute atomic E-state index is 0.142. The molecule has 0 aliphatic rings. The van der Waals surface area contributed by atoms with Gasteiger partial charge >= 0.3 is 0 Å². The van der Waals surface area contributed by atoms with Crippen molar-refractivity contribution in [1.82, 2.24) is 19.9 Å². The maximum atomic E-state index is 13.2. The van der Waals surface area contributed by atoms with E-state index >= 15 is 0 Å². The monoisotopic (exact) mass is 372 g/mol. The molecule has 0 unspecified atom stereocenters. The highest BCUT2D eigenvalue weighted by Crippen LogP contribution is 2.21. The van der Waals surface area contributed by atoms with Crippen LogP contribution in [-0.2, 0) is 6.54 Å². The number of benzene rings is 2. The van der Waals surface area contributed by atoms with Crippen molar-refractivity contribution in [3.63, 3.8) is 0 Å². The van der Waals surface area contributed by atoms with E-state index in [2.05, 4.69) is 15.0 Å². The average molecular weight is 372 g/mol. The highest BCUT2D eigenvalue weighted by atomic mass is 16.2. The Bertz CT molecular complexity index is 1280. The van der Waals surface area contributed by atoms with Crippen LogP contribution in [0, 0.1) is 13.8 Å². The molecule has 0 spiro atoms. The molecule has 0 fully saturated rings. The van der Waals surface area contributed by atoms with Crippen molar-refractivity contribution in [2.45, 2.75) is 20.4 Å². The summed E-state index contributed by atoms with van der Waals surface area (Å²) in [5.74, 6) is 0.308. The number of hydrogen-bond acceptors (Lipinski definition) is 4. The number of nitrogens with zero attached hydrogens (tertiary/aromatic N) is 3. The van der Waals surface area contributed by atoms with Gasteiger partial charge in [0.2, 0.25) is 0 Å². The number of pyridine rings is 1. The Morgan fingerprint density at radius 2 is 1.75 bits per heavy atom. The second-order valence-electron chi connectivity index (χ2n) is 7.02. The first-order chi connectivity index (χ1) is 13.4. The number of para-hydroxylation sites is 1. The van der Waals surface area contributed by atoms with E-state index in [1.807, 2.05) is 38.1 Å². The van der Waals surface area contributed by atoms with Gasteiger partial charge in [-0.1, -0.05) is 23.8 Å². The van der Waals surface area contributed by atoms with Crippen molar-refractivity contribution in [3.8, 4) is 0 Å². The molecular formula is C22H20N4O2. The SMILES string of the molecule is Cc1ccc2nc(C)cc(C(=O)N(C)Cc3nc4ccccc4c(=O)[nH]3)c2c1. The summed E-state index contributed by atoms with van der Waals surface area (Å²) >= 11 is 0. The van der Waals surface area contributed by atoms with Crippen LogP contribution in [0.4, 0.5) is 0 Å². The van der Waals surface area contributed by atoms with Gasteiger partial charge in [-0.2, -0.15) is 0 Å². The van der Waals surface area contributed by atoms with Crippen LogP contribution in [0.1, 0.15) is 27.4 Å². The predicted molar refractivity (Wildman–Crippen MR) is 109 cm³/mol. The summed E-state index contributed by atoms with van der Waals surface area (Å²) in [5, 5.41) is 1.36. The summed E-state index contributed by atoms with van der Waals surface area (Å²) in [4.78, 5) is 38.8. The van der Waals surface area contributed by atoms with Gasteiger partial charge < -0.3 is 9.88 Å². The molecule has 0 saturated heterocycles. The molecule has 2 aromatic heterocycles. The molecule has 2 heterocycles. The summed E-state index contributed by atoms with van der Waals surface area (Å²) in [7, 11) is 1.70. The Morgan fingerprint density at radius 1 is 1.00 bits per heavy atom. The van der Waals surface area contributed by atoms with Crippen molar-refractivity contribution in [1.29, 1.82) is 0 Å². The van der Waals surface area contributed by atoms with Crippen LogP contribution in [-0.4, -0.2) is 32.8 Å². The molecule has 140 valence electrons. The second kappa shape index (κ2) is 6.88. The third kappa shape index (κ3) is 3.24. The van der Waals surface area contributed by atoms with Crippen LogP contribution >= 0.6 is 0 Å². The van der Waals surface area contributed by atoms with E-state index in [1.165, 1.54) is 0 Å². The zero-order valence-electron chi connectivity index (χ0n) is 16.0. The molecule has 1 amide bonds. The second-order valence-corrected chi connectivity index (χ2v) is 7.02. The zero-order chi connectivity index (χ0) is 19.8. The fourth-order valence-corrected chi connectivity index (χ4v) is 3.36. The minimum atomic E-state index is -0.206. The first-order valence-electron chi connectivity index (χ1n) is 9.04. The maximum absolute atomic E-state index is 13.2. The first-order valence-corrected chi connectivity index (χ1v) is 9.04. The standard InChI is InChI=1S/C22H20N4O2/c1-13-8-9-19-16(10-13)17(11-14(2)23-19)22(28)26(3)12-20-24-18-7-5-4-6-15(18)21(27)25-20/h4-11H,12H2,1-3H3,(H,24,25,27). The minimum Gasteiger partial charge on any atom is -0.334 e. The summed E-state index contributed by atoms with van der Waals surface area (Å²) in [6, 6.07) is 14.8. The molecular weight excluding hydrogens is 352 g/mol. The number of aromatic nitrogens is 3. The van der Waals surface area contributed by atoms with E-state index in [0.717, 1.165) is 22.2 Å². The third-order valence-corrected chi connectivity index (χ3v) is 4.72. The summed E-state index contributed by atoms with van der Waals surface area (Å²) < 4.78 is 0. The fraction of sp³-hybridized carbons (Fsp3) is 0.182. The van der Waals surface area contributed by atoms with Gasteiger partial charge in [-0.15, -0.1) is 0 Å². The number of rotatable bonds is 3. The number of carbonyl (C=O) groups excluding carboxylic acids is 1. The van der Waals surface area contributed by atoms with E-state index in [4.69, 9.17) is 0 Å². The number of nitrogens with one attached hydrogen (secondary N) is 1. The zero-order valence-corrected chi connectivity index (χ0v) is 16.0. The summed E-state index contributed by atoms with van der Waals surface area (Å²) in [6.45, 7) is 4.06. The Morgan fingerprint density at radius 3 is 2.57 bits per heavy atom. The molecule has 0 radical (unpaired) electrons. The highest BCUT2D eigenvalue weighted by molar-refractivity contribution is 6.06. The van der Waals surface area contributed by atoms with Crippen LogP contribution in [0.3, 0.4) is 0 Å². The largest absolute Gasteiger partial charge is 0.334 e. The van der Waals surface area contributed by atoms with Gasteiger partial charge in [0, 0.05) is 18.1 Å². The maximum Gasteiger partial charge on any atom is 0.258 e. The molecule has 0 atom stereocenters. The Balaban J connectivity index is 1.70. The lowest BCUT2D eigenvalue weighted by Crippen LogP contribution is -2.28. The lowest BCUT2D eigenvalue weighted by Gasteiger charge is -2.18. The third-order valence-electron chi connectivity index (χ3n) is 4.72. The molecule has 4 aromatic rings. The summed E-state index contributed by atoms with van der Waals surface area (Å²) in [6.07, 6.45) is 0. The predicted octanol–water partition coefficient (Wildman–Crippen LogP) is 3.36. The number of amides is 1. The number of aromatic amines is 1. The van der Waals surface area contributed by atoms with Crippen LogP contribution < -0.4 is 5.56 Å². The van der Waals surface area contributed by atoms with Crippen LogP contribution in [0.2, 0.25) is 0 Å². The van der Waals surface area contributed by atoms with Crippen molar-refractivity contribution in [2.24, 2.45) is 0 Å². The Hall–Kier alpha value is -3.54. The van der Waals surface area contributed by atoms with Crippen molar-refractivity contribution in [3.05, 3.63) is 81.5 Å². The molecule has 2 aromatic carbocycles. The molecule has 0 aliphatic carbocycles. The van der Waals surface area contributed by atoms with E-state index in [1.54, 1.807) is 36.2 Å². The number of fused-ring (bicyclic) bond motifs is 2. The molecule has 0 aliphatic heterocycles.